The van der Waals surface area contributed by atoms with Crippen LogP contribution in [-0.2, 0) is 19.1 Å². The molecular weight excluding hydrogens is 308 g/mol. The Hall–Kier alpha value is -0.860. The summed E-state index contributed by atoms with van der Waals surface area (Å²) in [4.78, 5) is 17.0. The highest BCUT2D eigenvalue weighted by atomic mass is 32.2. The zero-order valence-corrected chi connectivity index (χ0v) is 15.2. The molecule has 7 nitrogen and oxygen atoms in total. The molecule has 0 aromatic heterocycles. The van der Waals surface area contributed by atoms with Crippen LogP contribution in [0, 0.1) is 5.92 Å². The monoisotopic (exact) mass is 338 g/mol. The minimum atomic E-state index is -3.54. The molecule has 0 saturated heterocycles. The van der Waals surface area contributed by atoms with E-state index in [2.05, 4.69) is 10.8 Å². The van der Waals surface area contributed by atoms with Gasteiger partial charge in [-0.25, -0.2) is 10.3 Å². The predicted octanol–water partition coefficient (Wildman–Crippen LogP) is 2.19. The van der Waals surface area contributed by atoms with Crippen molar-refractivity contribution in [1.82, 2.24) is 10.8 Å². The first-order valence-corrected chi connectivity index (χ1v) is 9.14. The van der Waals surface area contributed by atoms with Crippen LogP contribution in [0.15, 0.2) is 0 Å². The van der Waals surface area contributed by atoms with Crippen LogP contribution in [0.25, 0.3) is 0 Å². The molecule has 2 N–H and O–H groups in total. The molecule has 0 heterocycles. The van der Waals surface area contributed by atoms with E-state index in [1.54, 1.807) is 6.92 Å². The lowest BCUT2D eigenvalue weighted by atomic mass is 10.0. The number of rotatable bonds is 9. The number of carbonyl (C=O) groups is 1. The maximum absolute atomic E-state index is 11.8. The Labute approximate surface area is 134 Å². The van der Waals surface area contributed by atoms with Gasteiger partial charge in [-0.3, -0.25) is 9.02 Å². The van der Waals surface area contributed by atoms with Crippen LogP contribution in [0.1, 0.15) is 54.4 Å². The zero-order chi connectivity index (χ0) is 17.4. The van der Waals surface area contributed by atoms with Crippen LogP contribution < -0.4 is 10.8 Å². The number of amides is 2. The summed E-state index contributed by atoms with van der Waals surface area (Å²) in [5, 5.41) is 2.74. The van der Waals surface area contributed by atoms with Gasteiger partial charge >= 0.3 is 6.03 Å². The van der Waals surface area contributed by atoms with Gasteiger partial charge in [0.15, 0.2) is 0 Å². The minimum absolute atomic E-state index is 0.116. The molecule has 22 heavy (non-hydrogen) atoms. The second-order valence-electron chi connectivity index (χ2n) is 6.57. The van der Waals surface area contributed by atoms with Gasteiger partial charge < -0.3 is 5.32 Å². The lowest BCUT2D eigenvalue weighted by Gasteiger charge is -2.23. The molecule has 8 heteroatoms. The maximum atomic E-state index is 11.8. The van der Waals surface area contributed by atoms with E-state index in [4.69, 9.17) is 9.02 Å². The van der Waals surface area contributed by atoms with Gasteiger partial charge in [0.2, 0.25) is 0 Å². The summed E-state index contributed by atoms with van der Waals surface area (Å²) in [5.74, 6) is 0.196. The number of nitrogens with one attached hydrogen (secondary N) is 2. The Morgan fingerprint density at radius 1 is 1.23 bits per heavy atom. The van der Waals surface area contributed by atoms with Crippen molar-refractivity contribution >= 4 is 16.1 Å². The van der Waals surface area contributed by atoms with E-state index >= 15 is 0 Å². The molecule has 1 unspecified atom stereocenters. The SMILES string of the molecule is CCOS(=O)(=O)CCC(CC(C)C)NC(=O)NOC(C)(C)C. The largest absolute Gasteiger partial charge is 0.338 e. The van der Waals surface area contributed by atoms with Crippen molar-refractivity contribution in [3.05, 3.63) is 0 Å². The van der Waals surface area contributed by atoms with Crippen LogP contribution in [-0.4, -0.2) is 38.5 Å². The van der Waals surface area contributed by atoms with E-state index in [1.165, 1.54) is 0 Å². The fourth-order valence-electron chi connectivity index (χ4n) is 1.76. The average Bonchev–Trinajstić information content (AvgIpc) is 2.32. The van der Waals surface area contributed by atoms with E-state index in [9.17, 15) is 13.2 Å². The lowest BCUT2D eigenvalue weighted by Crippen LogP contribution is -2.45. The third-order valence-corrected chi connectivity index (χ3v) is 3.89. The summed E-state index contributed by atoms with van der Waals surface area (Å²) in [7, 11) is -3.54. The van der Waals surface area contributed by atoms with E-state index in [0.29, 0.717) is 18.8 Å². The zero-order valence-electron chi connectivity index (χ0n) is 14.4. The van der Waals surface area contributed by atoms with Crippen LogP contribution in [0.5, 0.6) is 0 Å². The summed E-state index contributed by atoms with van der Waals surface area (Å²) in [6, 6.07) is -0.742. The van der Waals surface area contributed by atoms with Crippen LogP contribution in [0.2, 0.25) is 0 Å². The highest BCUT2D eigenvalue weighted by Gasteiger charge is 2.20. The molecule has 0 aromatic carbocycles. The van der Waals surface area contributed by atoms with Gasteiger partial charge in [-0.15, -0.1) is 0 Å². The van der Waals surface area contributed by atoms with Crippen molar-refractivity contribution in [3.8, 4) is 0 Å². The van der Waals surface area contributed by atoms with Crippen molar-refractivity contribution in [1.29, 1.82) is 0 Å². The Morgan fingerprint density at radius 3 is 2.27 bits per heavy atom. The smallest absolute Gasteiger partial charge is 0.334 e. The molecule has 2 amide bonds. The normalized spacial score (nSPS) is 14.0. The van der Waals surface area contributed by atoms with Crippen molar-refractivity contribution in [2.75, 3.05) is 12.4 Å². The molecule has 0 spiro atoms. The number of hydrogen-bond acceptors (Lipinski definition) is 5. The van der Waals surface area contributed by atoms with Crippen molar-refractivity contribution in [3.63, 3.8) is 0 Å². The Morgan fingerprint density at radius 2 is 1.82 bits per heavy atom. The van der Waals surface area contributed by atoms with Crippen LogP contribution >= 0.6 is 0 Å². The summed E-state index contributed by atoms with van der Waals surface area (Å²) in [6.45, 7) is 11.2. The van der Waals surface area contributed by atoms with E-state index < -0.39 is 21.8 Å². The molecule has 0 aliphatic heterocycles. The third-order valence-electron chi connectivity index (χ3n) is 2.55. The molecule has 0 fully saturated rings. The molecular formula is C14H30N2O5S. The fraction of sp³-hybridized carbons (Fsp3) is 0.929. The molecule has 0 aliphatic carbocycles. The van der Waals surface area contributed by atoms with Gasteiger partial charge in [-0.1, -0.05) is 13.8 Å². The predicted molar refractivity (Wildman–Crippen MR) is 85.8 cm³/mol. The summed E-state index contributed by atoms with van der Waals surface area (Å²) in [6.07, 6.45) is 0.966. The highest BCUT2D eigenvalue weighted by molar-refractivity contribution is 7.86. The number of hydroxylamine groups is 1. The topological polar surface area (TPSA) is 93.7 Å². The quantitative estimate of drug-likeness (QED) is 0.496. The molecule has 1 atom stereocenters. The van der Waals surface area contributed by atoms with Gasteiger partial charge in [-0.05, 0) is 46.5 Å². The molecule has 0 radical (unpaired) electrons. The van der Waals surface area contributed by atoms with E-state index in [0.717, 1.165) is 0 Å². The molecule has 0 rings (SSSR count). The summed E-state index contributed by atoms with van der Waals surface area (Å²) < 4.78 is 27.9. The van der Waals surface area contributed by atoms with Crippen molar-refractivity contribution in [2.24, 2.45) is 5.92 Å². The van der Waals surface area contributed by atoms with Gasteiger partial charge in [0.1, 0.15) is 0 Å². The summed E-state index contributed by atoms with van der Waals surface area (Å²) >= 11 is 0. The number of hydrogen-bond donors (Lipinski definition) is 2. The number of carbonyl (C=O) groups excluding carboxylic acids is 1. The van der Waals surface area contributed by atoms with Crippen molar-refractivity contribution < 1.29 is 22.2 Å². The van der Waals surface area contributed by atoms with E-state index in [-0.39, 0.29) is 18.4 Å². The van der Waals surface area contributed by atoms with Crippen LogP contribution in [0.3, 0.4) is 0 Å². The summed E-state index contributed by atoms with van der Waals surface area (Å²) in [5.41, 5.74) is 1.82. The number of urea groups is 1. The van der Waals surface area contributed by atoms with Gasteiger partial charge in [0, 0.05) is 6.04 Å². The second-order valence-corrected chi connectivity index (χ2v) is 8.33. The fourth-order valence-corrected chi connectivity index (χ4v) is 2.81. The first kappa shape index (κ1) is 21.1. The first-order chi connectivity index (χ1) is 9.95. The molecule has 132 valence electrons. The Balaban J connectivity index is 4.49. The van der Waals surface area contributed by atoms with Gasteiger partial charge in [0.05, 0.1) is 18.0 Å². The molecule has 0 bridgehead atoms. The second kappa shape index (κ2) is 9.32. The molecule has 0 aromatic rings. The minimum Gasteiger partial charge on any atom is -0.334 e. The highest BCUT2D eigenvalue weighted by Crippen LogP contribution is 2.10. The van der Waals surface area contributed by atoms with Gasteiger partial charge in [-0.2, -0.15) is 8.42 Å². The first-order valence-electron chi connectivity index (χ1n) is 7.56. The third kappa shape index (κ3) is 11.8. The molecule has 0 aliphatic rings. The Kier molecular flexibility index (Phi) is 8.95. The average molecular weight is 338 g/mol. The molecule has 0 saturated carbocycles. The Bertz CT molecular complexity index is 429. The van der Waals surface area contributed by atoms with Gasteiger partial charge in [0.25, 0.3) is 10.1 Å². The van der Waals surface area contributed by atoms with Crippen LogP contribution in [0.4, 0.5) is 4.79 Å². The standard InChI is InChI=1S/C14H30N2O5S/c1-7-20-22(18,19)9-8-12(10-11(2)3)15-13(17)16-21-14(4,5)6/h11-12H,7-10H2,1-6H3,(H2,15,16,17). The van der Waals surface area contributed by atoms with Crippen molar-refractivity contribution in [2.45, 2.75) is 66.0 Å². The lowest BCUT2D eigenvalue weighted by molar-refractivity contribution is -0.0533. The maximum Gasteiger partial charge on any atom is 0.338 e. The van der Waals surface area contributed by atoms with E-state index in [1.807, 2.05) is 34.6 Å².